The van der Waals surface area contributed by atoms with E-state index in [4.69, 9.17) is 9.47 Å². The van der Waals surface area contributed by atoms with E-state index >= 15 is 0 Å². The van der Waals surface area contributed by atoms with Gasteiger partial charge in [-0.1, -0.05) is 0 Å². The number of nitrogens with zero attached hydrogens (tertiary/aromatic N) is 2. The first-order valence-electron chi connectivity index (χ1n) is 8.35. The molecule has 1 saturated heterocycles. The number of amides is 1. The van der Waals surface area contributed by atoms with Crippen molar-refractivity contribution < 1.29 is 14.3 Å². The van der Waals surface area contributed by atoms with E-state index < -0.39 is 5.60 Å². The zero-order valence-corrected chi connectivity index (χ0v) is 14.9. The van der Waals surface area contributed by atoms with Crippen molar-refractivity contribution in [3.63, 3.8) is 0 Å². The molecule has 1 unspecified atom stereocenters. The highest BCUT2D eigenvalue weighted by atomic mass is 16.6. The molecule has 1 fully saturated rings. The molecule has 5 nitrogen and oxygen atoms in total. The molecule has 1 aromatic rings. The third-order valence-corrected chi connectivity index (χ3v) is 3.74. The van der Waals surface area contributed by atoms with Crippen LogP contribution in [0.5, 0.6) is 5.88 Å². The van der Waals surface area contributed by atoms with Crippen LogP contribution in [0.4, 0.5) is 4.79 Å². The number of likely N-dealkylation sites (tertiary alicyclic amines) is 1. The molecule has 0 bridgehead atoms. The smallest absolute Gasteiger partial charge is 0.410 e. The summed E-state index contributed by atoms with van der Waals surface area (Å²) in [6.45, 7) is 11.8. The molecule has 23 heavy (non-hydrogen) atoms. The molecular weight excluding hydrogens is 292 g/mol. The number of rotatable bonds is 4. The number of aryl methyl sites for hydroxylation is 1. The van der Waals surface area contributed by atoms with Crippen LogP contribution in [0.1, 0.15) is 45.4 Å². The maximum Gasteiger partial charge on any atom is 0.410 e. The molecule has 0 N–H and O–H groups in total. The second kappa shape index (κ2) is 7.20. The summed E-state index contributed by atoms with van der Waals surface area (Å²) in [6.07, 6.45) is 1.73. The molecule has 1 aromatic heterocycles. The lowest BCUT2D eigenvalue weighted by molar-refractivity contribution is 0.0288. The van der Waals surface area contributed by atoms with Crippen LogP contribution in [0.3, 0.4) is 0 Å². The van der Waals surface area contributed by atoms with Gasteiger partial charge in [0, 0.05) is 24.8 Å². The normalized spacial score (nSPS) is 18.1. The first-order chi connectivity index (χ1) is 10.8. The first-order valence-corrected chi connectivity index (χ1v) is 8.35. The van der Waals surface area contributed by atoms with Crippen molar-refractivity contribution in [2.24, 2.45) is 5.92 Å². The standard InChI is InChI=1S/C18H28N2O3/c1-6-22-16-11-15(9-13(2)19-16)10-14-7-8-20(12-14)17(21)23-18(3,4)5/h9,11,14H,6-8,10,12H2,1-5H3. The zero-order valence-electron chi connectivity index (χ0n) is 14.9. The molecule has 1 atom stereocenters. The summed E-state index contributed by atoms with van der Waals surface area (Å²) >= 11 is 0. The summed E-state index contributed by atoms with van der Waals surface area (Å²) in [6, 6.07) is 4.10. The van der Waals surface area contributed by atoms with Gasteiger partial charge in [-0.25, -0.2) is 9.78 Å². The average molecular weight is 320 g/mol. The van der Waals surface area contributed by atoms with Gasteiger partial charge < -0.3 is 14.4 Å². The molecule has 1 aliphatic rings. The molecule has 0 aromatic carbocycles. The maximum atomic E-state index is 12.1. The summed E-state index contributed by atoms with van der Waals surface area (Å²) < 4.78 is 11.0. The number of hydrogen-bond acceptors (Lipinski definition) is 4. The predicted molar refractivity (Wildman–Crippen MR) is 89.8 cm³/mol. The number of carbonyl (C=O) groups is 1. The first kappa shape index (κ1) is 17.6. The Labute approximate surface area is 139 Å². The number of pyridine rings is 1. The molecular formula is C18H28N2O3. The highest BCUT2D eigenvalue weighted by Gasteiger charge is 2.29. The molecule has 5 heteroatoms. The van der Waals surface area contributed by atoms with Crippen molar-refractivity contribution in [2.45, 2.75) is 53.1 Å². The van der Waals surface area contributed by atoms with Gasteiger partial charge in [0.15, 0.2) is 0 Å². The third-order valence-electron chi connectivity index (χ3n) is 3.74. The molecule has 128 valence electrons. The van der Waals surface area contributed by atoms with Crippen molar-refractivity contribution in [1.29, 1.82) is 0 Å². The second-order valence-corrected chi connectivity index (χ2v) is 7.17. The van der Waals surface area contributed by atoms with Gasteiger partial charge in [0.25, 0.3) is 0 Å². The SMILES string of the molecule is CCOc1cc(CC2CCN(C(=O)OC(C)(C)C)C2)cc(C)n1. The van der Waals surface area contributed by atoms with Crippen LogP contribution in [0.25, 0.3) is 0 Å². The van der Waals surface area contributed by atoms with E-state index in [0.717, 1.165) is 31.6 Å². The number of ether oxygens (including phenoxy) is 2. The van der Waals surface area contributed by atoms with E-state index in [9.17, 15) is 4.79 Å². The molecule has 0 saturated carbocycles. The van der Waals surface area contributed by atoms with Crippen LogP contribution in [-0.2, 0) is 11.2 Å². The van der Waals surface area contributed by atoms with Gasteiger partial charge in [-0.05, 0) is 65.0 Å². The summed E-state index contributed by atoms with van der Waals surface area (Å²) in [4.78, 5) is 18.3. The topological polar surface area (TPSA) is 51.7 Å². The Morgan fingerprint density at radius 3 is 2.78 bits per heavy atom. The van der Waals surface area contributed by atoms with Gasteiger partial charge in [-0.2, -0.15) is 0 Å². The Morgan fingerprint density at radius 1 is 1.39 bits per heavy atom. The minimum Gasteiger partial charge on any atom is -0.478 e. The summed E-state index contributed by atoms with van der Waals surface area (Å²) in [5.41, 5.74) is 1.74. The fourth-order valence-electron chi connectivity index (χ4n) is 2.87. The lowest BCUT2D eigenvalue weighted by Gasteiger charge is -2.24. The van der Waals surface area contributed by atoms with Crippen molar-refractivity contribution >= 4 is 6.09 Å². The lowest BCUT2D eigenvalue weighted by atomic mass is 9.99. The van der Waals surface area contributed by atoms with Gasteiger partial charge in [0.1, 0.15) is 5.60 Å². The lowest BCUT2D eigenvalue weighted by Crippen LogP contribution is -2.35. The quantitative estimate of drug-likeness (QED) is 0.851. The van der Waals surface area contributed by atoms with Gasteiger partial charge in [0.05, 0.1) is 6.61 Å². The Morgan fingerprint density at radius 2 is 2.13 bits per heavy atom. The van der Waals surface area contributed by atoms with Crippen molar-refractivity contribution in [1.82, 2.24) is 9.88 Å². The second-order valence-electron chi connectivity index (χ2n) is 7.17. The van der Waals surface area contributed by atoms with Gasteiger partial charge in [0.2, 0.25) is 5.88 Å². The monoisotopic (exact) mass is 320 g/mol. The van der Waals surface area contributed by atoms with E-state index in [0.29, 0.717) is 18.4 Å². The molecule has 1 amide bonds. The van der Waals surface area contributed by atoms with Gasteiger partial charge in [-0.3, -0.25) is 0 Å². The summed E-state index contributed by atoms with van der Waals surface area (Å²) in [5, 5.41) is 0. The van der Waals surface area contributed by atoms with Crippen LogP contribution >= 0.6 is 0 Å². The molecule has 2 rings (SSSR count). The highest BCUT2D eigenvalue weighted by Crippen LogP contribution is 2.24. The van der Waals surface area contributed by atoms with E-state index in [1.165, 1.54) is 5.56 Å². The Balaban J connectivity index is 1.94. The Hall–Kier alpha value is -1.78. The Bertz CT molecular complexity index is 552. The van der Waals surface area contributed by atoms with Crippen molar-refractivity contribution in [3.8, 4) is 5.88 Å². The van der Waals surface area contributed by atoms with E-state index in [1.54, 1.807) is 0 Å². The molecule has 1 aliphatic heterocycles. The van der Waals surface area contributed by atoms with Crippen molar-refractivity contribution in [3.05, 3.63) is 23.4 Å². The molecule has 0 spiro atoms. The minimum atomic E-state index is -0.441. The van der Waals surface area contributed by atoms with Crippen LogP contribution in [0, 0.1) is 12.8 Å². The van der Waals surface area contributed by atoms with Gasteiger partial charge in [-0.15, -0.1) is 0 Å². The minimum absolute atomic E-state index is 0.207. The molecule has 0 aliphatic carbocycles. The zero-order chi connectivity index (χ0) is 17.0. The molecule has 0 radical (unpaired) electrons. The fraction of sp³-hybridized carbons (Fsp3) is 0.667. The van der Waals surface area contributed by atoms with Gasteiger partial charge >= 0.3 is 6.09 Å². The largest absolute Gasteiger partial charge is 0.478 e. The van der Waals surface area contributed by atoms with E-state index in [1.807, 2.05) is 45.6 Å². The summed E-state index contributed by atoms with van der Waals surface area (Å²) in [5.74, 6) is 1.14. The Kier molecular flexibility index (Phi) is 5.50. The number of hydrogen-bond donors (Lipinski definition) is 0. The third kappa shape index (κ3) is 5.41. The van der Waals surface area contributed by atoms with Crippen molar-refractivity contribution in [2.75, 3.05) is 19.7 Å². The predicted octanol–water partition coefficient (Wildman–Crippen LogP) is 3.59. The maximum absolute atomic E-state index is 12.1. The number of aromatic nitrogens is 1. The average Bonchev–Trinajstić information content (AvgIpc) is 2.85. The van der Waals surface area contributed by atoms with Crippen LogP contribution in [0.15, 0.2) is 12.1 Å². The number of carbonyl (C=O) groups excluding carboxylic acids is 1. The van der Waals surface area contributed by atoms with E-state index in [-0.39, 0.29) is 6.09 Å². The van der Waals surface area contributed by atoms with E-state index in [2.05, 4.69) is 11.1 Å². The molecule has 2 heterocycles. The van der Waals surface area contributed by atoms with Crippen LogP contribution < -0.4 is 4.74 Å². The van der Waals surface area contributed by atoms with Crippen LogP contribution in [0.2, 0.25) is 0 Å². The summed E-state index contributed by atoms with van der Waals surface area (Å²) in [7, 11) is 0. The van der Waals surface area contributed by atoms with Crippen LogP contribution in [-0.4, -0.2) is 41.3 Å². The highest BCUT2D eigenvalue weighted by molar-refractivity contribution is 5.68. The fourth-order valence-corrected chi connectivity index (χ4v) is 2.87.